The Kier molecular flexibility index (Phi) is 3.87. The lowest BCUT2D eigenvalue weighted by molar-refractivity contribution is 0.601. The second kappa shape index (κ2) is 5.85. The van der Waals surface area contributed by atoms with Gasteiger partial charge in [-0.15, -0.1) is 0 Å². The summed E-state index contributed by atoms with van der Waals surface area (Å²) < 4.78 is 27.4. The minimum atomic E-state index is -3.67. The smallest absolute Gasteiger partial charge is 0.263 e. The molecule has 0 spiro atoms. The highest BCUT2D eigenvalue weighted by Gasteiger charge is 2.16. The predicted octanol–water partition coefficient (Wildman–Crippen LogP) is 2.89. The van der Waals surface area contributed by atoms with E-state index >= 15 is 0 Å². The molecular formula is C16H16N4O2S. The van der Waals surface area contributed by atoms with Crippen molar-refractivity contribution in [2.75, 3.05) is 4.72 Å². The molecule has 0 saturated carbocycles. The van der Waals surface area contributed by atoms with E-state index in [1.165, 1.54) is 0 Å². The number of aryl methyl sites for hydroxylation is 2. The van der Waals surface area contributed by atoms with Crippen LogP contribution in [0.1, 0.15) is 11.1 Å². The van der Waals surface area contributed by atoms with Crippen LogP contribution in [0, 0.1) is 13.8 Å². The van der Waals surface area contributed by atoms with Crippen LogP contribution in [0.15, 0.2) is 53.7 Å². The van der Waals surface area contributed by atoms with Crippen molar-refractivity contribution in [1.29, 1.82) is 0 Å². The van der Waals surface area contributed by atoms with E-state index in [9.17, 15) is 8.42 Å². The van der Waals surface area contributed by atoms with Crippen LogP contribution in [0.25, 0.3) is 11.3 Å². The molecule has 3 rings (SSSR count). The molecule has 0 aliphatic carbocycles. The number of hydrogen-bond acceptors (Lipinski definition) is 4. The Hall–Kier alpha value is -2.67. The van der Waals surface area contributed by atoms with Crippen LogP contribution >= 0.6 is 0 Å². The minimum absolute atomic E-state index is 0.217. The molecule has 0 atom stereocenters. The molecule has 2 heterocycles. The van der Waals surface area contributed by atoms with E-state index in [0.717, 1.165) is 16.7 Å². The van der Waals surface area contributed by atoms with Crippen LogP contribution in [0.4, 0.5) is 5.82 Å². The summed E-state index contributed by atoms with van der Waals surface area (Å²) in [5.41, 5.74) is 3.56. The van der Waals surface area contributed by atoms with Crippen molar-refractivity contribution in [1.82, 2.24) is 15.2 Å². The maximum atomic E-state index is 12.4. The fourth-order valence-electron chi connectivity index (χ4n) is 2.13. The van der Waals surface area contributed by atoms with Gasteiger partial charge in [-0.05, 0) is 49.2 Å². The van der Waals surface area contributed by atoms with Crippen LogP contribution in [0.2, 0.25) is 0 Å². The predicted molar refractivity (Wildman–Crippen MR) is 88.5 cm³/mol. The zero-order valence-corrected chi connectivity index (χ0v) is 13.6. The van der Waals surface area contributed by atoms with Crippen LogP contribution in [-0.2, 0) is 10.0 Å². The lowest BCUT2D eigenvalue weighted by atomic mass is 10.1. The molecule has 0 amide bonds. The van der Waals surface area contributed by atoms with E-state index in [4.69, 9.17) is 0 Å². The van der Waals surface area contributed by atoms with Gasteiger partial charge < -0.3 is 0 Å². The Morgan fingerprint density at radius 3 is 2.43 bits per heavy atom. The van der Waals surface area contributed by atoms with Crippen LogP contribution < -0.4 is 4.72 Å². The van der Waals surface area contributed by atoms with Gasteiger partial charge in [-0.2, -0.15) is 5.10 Å². The first-order valence-electron chi connectivity index (χ1n) is 7.01. The van der Waals surface area contributed by atoms with Gasteiger partial charge >= 0.3 is 0 Å². The van der Waals surface area contributed by atoms with E-state index in [0.29, 0.717) is 5.69 Å². The maximum absolute atomic E-state index is 12.4. The van der Waals surface area contributed by atoms with E-state index in [-0.39, 0.29) is 10.7 Å². The Morgan fingerprint density at radius 2 is 1.74 bits per heavy atom. The van der Waals surface area contributed by atoms with Crippen molar-refractivity contribution < 1.29 is 8.42 Å². The molecule has 7 heteroatoms. The highest BCUT2D eigenvalue weighted by atomic mass is 32.2. The van der Waals surface area contributed by atoms with Gasteiger partial charge in [0.2, 0.25) is 0 Å². The number of nitrogens with zero attached hydrogens (tertiary/aromatic N) is 2. The number of rotatable bonds is 4. The van der Waals surface area contributed by atoms with Crippen molar-refractivity contribution in [2.45, 2.75) is 18.7 Å². The largest absolute Gasteiger partial charge is 0.276 e. The Morgan fingerprint density at radius 1 is 1.00 bits per heavy atom. The summed E-state index contributed by atoms with van der Waals surface area (Å²) >= 11 is 0. The van der Waals surface area contributed by atoms with Gasteiger partial charge in [0, 0.05) is 24.0 Å². The third kappa shape index (κ3) is 3.24. The van der Waals surface area contributed by atoms with E-state index in [1.54, 1.807) is 36.7 Å². The van der Waals surface area contributed by atoms with Crippen molar-refractivity contribution in [3.63, 3.8) is 0 Å². The maximum Gasteiger partial charge on any atom is 0.263 e. The normalized spacial score (nSPS) is 11.4. The quantitative estimate of drug-likeness (QED) is 0.771. The minimum Gasteiger partial charge on any atom is -0.276 e. The van der Waals surface area contributed by atoms with Crippen LogP contribution in [0.5, 0.6) is 0 Å². The molecule has 6 nitrogen and oxygen atoms in total. The second-order valence-electron chi connectivity index (χ2n) is 5.25. The summed E-state index contributed by atoms with van der Waals surface area (Å²) in [6.07, 6.45) is 3.32. The monoisotopic (exact) mass is 328 g/mol. The number of H-pyrrole nitrogens is 1. The molecule has 0 bridgehead atoms. The van der Waals surface area contributed by atoms with Crippen molar-refractivity contribution >= 4 is 15.8 Å². The van der Waals surface area contributed by atoms with Gasteiger partial charge in [0.25, 0.3) is 10.0 Å². The lowest BCUT2D eigenvalue weighted by Gasteiger charge is -2.07. The molecular weight excluding hydrogens is 312 g/mol. The van der Waals surface area contributed by atoms with Crippen LogP contribution in [-0.4, -0.2) is 23.6 Å². The number of aromatic amines is 1. The molecule has 23 heavy (non-hydrogen) atoms. The molecule has 2 N–H and O–H groups in total. The summed E-state index contributed by atoms with van der Waals surface area (Å²) in [5, 5.41) is 6.82. The van der Waals surface area contributed by atoms with Gasteiger partial charge in [0.15, 0.2) is 5.82 Å². The molecule has 3 aromatic rings. The molecule has 0 aliphatic heterocycles. The first-order chi connectivity index (χ1) is 11.0. The lowest BCUT2D eigenvalue weighted by Crippen LogP contribution is -2.13. The molecule has 2 aromatic heterocycles. The summed E-state index contributed by atoms with van der Waals surface area (Å²) in [5.74, 6) is 0.245. The first kappa shape index (κ1) is 15.2. The summed E-state index contributed by atoms with van der Waals surface area (Å²) in [4.78, 5) is 4.16. The number of benzene rings is 1. The topological polar surface area (TPSA) is 87.7 Å². The van der Waals surface area contributed by atoms with Gasteiger partial charge in [0.1, 0.15) is 0 Å². The molecule has 0 fully saturated rings. The van der Waals surface area contributed by atoms with E-state index in [2.05, 4.69) is 19.9 Å². The fourth-order valence-corrected chi connectivity index (χ4v) is 3.21. The standard InChI is InChI=1S/C16H16N4O2S/c1-11-3-4-14(9-12(11)2)23(21,22)20-16-10-15(18-19-16)13-5-7-17-8-6-13/h3-10H,1-2H3,(H2,18,19,20). The molecule has 0 radical (unpaired) electrons. The average Bonchev–Trinajstić information content (AvgIpc) is 2.98. The number of sulfonamides is 1. The number of nitrogens with one attached hydrogen (secondary N) is 2. The van der Waals surface area contributed by atoms with Gasteiger partial charge in [0.05, 0.1) is 10.6 Å². The van der Waals surface area contributed by atoms with Gasteiger partial charge in [-0.1, -0.05) is 6.07 Å². The Bertz CT molecular complexity index is 934. The second-order valence-corrected chi connectivity index (χ2v) is 6.94. The first-order valence-corrected chi connectivity index (χ1v) is 8.50. The Labute approximate surface area is 134 Å². The zero-order valence-electron chi connectivity index (χ0n) is 12.7. The van der Waals surface area contributed by atoms with Crippen molar-refractivity contribution in [2.24, 2.45) is 0 Å². The Balaban J connectivity index is 1.86. The third-order valence-electron chi connectivity index (χ3n) is 3.60. The molecule has 1 aromatic carbocycles. The molecule has 118 valence electrons. The van der Waals surface area contributed by atoms with Crippen LogP contribution in [0.3, 0.4) is 0 Å². The van der Waals surface area contributed by atoms with E-state index in [1.807, 2.05) is 26.0 Å². The number of hydrogen-bond donors (Lipinski definition) is 2. The highest BCUT2D eigenvalue weighted by molar-refractivity contribution is 7.92. The number of anilines is 1. The average molecular weight is 328 g/mol. The van der Waals surface area contributed by atoms with Gasteiger partial charge in [-0.3, -0.25) is 14.8 Å². The summed E-state index contributed by atoms with van der Waals surface area (Å²) in [7, 11) is -3.67. The zero-order chi connectivity index (χ0) is 16.4. The third-order valence-corrected chi connectivity index (χ3v) is 4.95. The SMILES string of the molecule is Cc1ccc(S(=O)(=O)Nc2cc(-c3ccncc3)[nH]n2)cc1C. The fraction of sp³-hybridized carbons (Fsp3) is 0.125. The molecule has 0 unspecified atom stereocenters. The van der Waals surface area contributed by atoms with Crippen molar-refractivity contribution in [3.05, 3.63) is 59.9 Å². The number of aromatic nitrogens is 3. The summed E-state index contributed by atoms with van der Waals surface area (Å²) in [6, 6.07) is 10.3. The molecule has 0 aliphatic rings. The number of pyridine rings is 1. The molecule has 0 saturated heterocycles. The van der Waals surface area contributed by atoms with Crippen molar-refractivity contribution in [3.8, 4) is 11.3 Å². The van der Waals surface area contributed by atoms with Gasteiger partial charge in [-0.25, -0.2) is 8.42 Å². The summed E-state index contributed by atoms with van der Waals surface area (Å²) in [6.45, 7) is 3.82. The van der Waals surface area contributed by atoms with E-state index < -0.39 is 10.0 Å². The highest BCUT2D eigenvalue weighted by Crippen LogP contribution is 2.22.